The Bertz CT molecular complexity index is 379. The molecule has 1 fully saturated rings. The molecule has 94 valence electrons. The van der Waals surface area contributed by atoms with E-state index in [2.05, 4.69) is 5.32 Å². The summed E-state index contributed by atoms with van der Waals surface area (Å²) in [7, 11) is 1.90. The van der Waals surface area contributed by atoms with Crippen LogP contribution >= 0.6 is 0 Å². The van der Waals surface area contributed by atoms with Crippen LogP contribution in [0.5, 0.6) is 0 Å². The zero-order chi connectivity index (χ0) is 11.4. The largest absolute Gasteiger partial charge is 1.00 e. The first-order valence-corrected chi connectivity index (χ1v) is 5.61. The van der Waals surface area contributed by atoms with Crippen molar-refractivity contribution in [1.29, 1.82) is 0 Å². The zero-order valence-electron chi connectivity index (χ0n) is 9.86. The van der Waals surface area contributed by atoms with Gasteiger partial charge in [-0.25, -0.2) is 4.57 Å². The highest BCUT2D eigenvalue weighted by molar-refractivity contribution is 5.93. The fraction of sp³-hybridized carbons (Fsp3) is 0.500. The van der Waals surface area contributed by atoms with Gasteiger partial charge in [0.25, 0.3) is 5.91 Å². The molecule has 1 aromatic rings. The summed E-state index contributed by atoms with van der Waals surface area (Å²) in [5, 5.41) is 2.89. The number of aromatic nitrogens is 1. The summed E-state index contributed by atoms with van der Waals surface area (Å²) in [5.74, 6) is -0.0355. The number of nitrogens with zero attached hydrogens (tertiary/aromatic N) is 1. The number of hydrogen-bond acceptors (Lipinski definition) is 2. The average Bonchev–Trinajstić information content (AvgIpc) is 2.78. The molecule has 0 saturated carbocycles. The lowest BCUT2D eigenvalue weighted by atomic mass is 10.2. The molecule has 2 rings (SSSR count). The normalized spacial score (nSPS) is 18.5. The molecule has 1 aromatic heterocycles. The molecule has 1 N–H and O–H groups in total. The van der Waals surface area contributed by atoms with Crippen LogP contribution in [0.4, 0.5) is 0 Å². The SMILES string of the molecule is C[n+]1cccc(C(=O)NCC2CCCO2)c1.[I-]. The maximum Gasteiger partial charge on any atom is 0.257 e. The minimum atomic E-state index is -0.0355. The van der Waals surface area contributed by atoms with Gasteiger partial charge in [0.15, 0.2) is 12.4 Å². The van der Waals surface area contributed by atoms with E-state index < -0.39 is 0 Å². The van der Waals surface area contributed by atoms with Crippen LogP contribution in [0.15, 0.2) is 24.5 Å². The molecule has 5 heteroatoms. The minimum absolute atomic E-state index is 0. The van der Waals surface area contributed by atoms with Crippen molar-refractivity contribution in [3.63, 3.8) is 0 Å². The summed E-state index contributed by atoms with van der Waals surface area (Å²) in [4.78, 5) is 11.8. The molecule has 17 heavy (non-hydrogen) atoms. The molecule has 1 aliphatic heterocycles. The molecule has 1 aliphatic rings. The Hall–Kier alpha value is -0.690. The first kappa shape index (κ1) is 14.4. The van der Waals surface area contributed by atoms with Crippen LogP contribution in [0.2, 0.25) is 0 Å². The molecule has 1 amide bonds. The summed E-state index contributed by atoms with van der Waals surface area (Å²) >= 11 is 0. The van der Waals surface area contributed by atoms with Crippen LogP contribution < -0.4 is 33.9 Å². The Labute approximate surface area is 118 Å². The summed E-state index contributed by atoms with van der Waals surface area (Å²) in [6.07, 6.45) is 6.05. The number of rotatable bonds is 3. The summed E-state index contributed by atoms with van der Waals surface area (Å²) in [5.41, 5.74) is 0.683. The maximum atomic E-state index is 11.8. The third-order valence-corrected chi connectivity index (χ3v) is 2.72. The summed E-state index contributed by atoms with van der Waals surface area (Å²) < 4.78 is 7.31. The van der Waals surface area contributed by atoms with Crippen molar-refractivity contribution in [3.8, 4) is 0 Å². The van der Waals surface area contributed by atoms with Crippen molar-refractivity contribution in [2.24, 2.45) is 7.05 Å². The molecule has 0 spiro atoms. The number of nitrogens with one attached hydrogen (secondary N) is 1. The number of halogens is 1. The molecule has 0 aromatic carbocycles. The fourth-order valence-corrected chi connectivity index (χ4v) is 1.84. The predicted molar refractivity (Wildman–Crippen MR) is 58.9 cm³/mol. The highest BCUT2D eigenvalue weighted by Gasteiger charge is 2.17. The van der Waals surface area contributed by atoms with Gasteiger partial charge in [-0.2, -0.15) is 0 Å². The van der Waals surface area contributed by atoms with Gasteiger partial charge >= 0.3 is 0 Å². The number of hydrogen-bond donors (Lipinski definition) is 1. The van der Waals surface area contributed by atoms with E-state index in [0.29, 0.717) is 12.1 Å². The van der Waals surface area contributed by atoms with Gasteiger partial charge in [-0.05, 0) is 18.9 Å². The lowest BCUT2D eigenvalue weighted by molar-refractivity contribution is -0.671. The third kappa shape index (κ3) is 4.23. The van der Waals surface area contributed by atoms with Gasteiger partial charge in [0, 0.05) is 19.2 Å². The van der Waals surface area contributed by atoms with Gasteiger partial charge in [-0.1, -0.05) is 0 Å². The van der Waals surface area contributed by atoms with E-state index in [1.54, 1.807) is 0 Å². The molecule has 1 unspecified atom stereocenters. The van der Waals surface area contributed by atoms with Crippen molar-refractivity contribution < 1.29 is 38.1 Å². The van der Waals surface area contributed by atoms with Crippen LogP contribution in [-0.2, 0) is 11.8 Å². The van der Waals surface area contributed by atoms with E-state index in [0.717, 1.165) is 19.4 Å². The standard InChI is InChI=1S/C12H16N2O2.HI/c1-14-6-2-4-10(9-14)12(15)13-8-11-5-3-7-16-11;/h2,4,6,9,11H,3,5,7-8H2,1H3;1H. The smallest absolute Gasteiger partial charge is 0.257 e. The van der Waals surface area contributed by atoms with Crippen LogP contribution in [0.1, 0.15) is 23.2 Å². The molecule has 4 nitrogen and oxygen atoms in total. The maximum absolute atomic E-state index is 11.8. The third-order valence-electron chi connectivity index (χ3n) is 2.72. The monoisotopic (exact) mass is 348 g/mol. The minimum Gasteiger partial charge on any atom is -1.00 e. The number of pyridine rings is 1. The van der Waals surface area contributed by atoms with E-state index in [4.69, 9.17) is 4.74 Å². The molecule has 1 saturated heterocycles. The van der Waals surface area contributed by atoms with Crippen molar-refractivity contribution in [1.82, 2.24) is 5.32 Å². The van der Waals surface area contributed by atoms with Gasteiger partial charge in [0.1, 0.15) is 12.6 Å². The van der Waals surface area contributed by atoms with E-state index in [1.165, 1.54) is 0 Å². The molecule has 2 heterocycles. The number of ether oxygens (including phenoxy) is 1. The van der Waals surface area contributed by atoms with Crippen molar-refractivity contribution in [2.75, 3.05) is 13.2 Å². The van der Waals surface area contributed by atoms with Gasteiger partial charge in [0.2, 0.25) is 0 Å². The molecule has 0 bridgehead atoms. The Kier molecular flexibility index (Phi) is 5.84. The molecule has 0 aliphatic carbocycles. The van der Waals surface area contributed by atoms with Crippen molar-refractivity contribution >= 4 is 5.91 Å². The highest BCUT2D eigenvalue weighted by Crippen LogP contribution is 2.10. The van der Waals surface area contributed by atoms with E-state index in [9.17, 15) is 4.79 Å². The Morgan fingerprint density at radius 1 is 1.65 bits per heavy atom. The molecular weight excluding hydrogens is 331 g/mol. The van der Waals surface area contributed by atoms with Gasteiger partial charge in [0.05, 0.1) is 6.10 Å². The molecular formula is C12H17IN2O2. The Morgan fingerprint density at radius 2 is 2.47 bits per heavy atom. The van der Waals surface area contributed by atoms with Crippen molar-refractivity contribution in [2.45, 2.75) is 18.9 Å². The van der Waals surface area contributed by atoms with E-state index in [1.807, 2.05) is 36.1 Å². The van der Waals surface area contributed by atoms with Gasteiger partial charge in [-0.15, -0.1) is 0 Å². The number of carbonyl (C=O) groups excluding carboxylic acids is 1. The van der Waals surface area contributed by atoms with Crippen LogP contribution in [0, 0.1) is 0 Å². The Balaban J connectivity index is 0.00000144. The average molecular weight is 348 g/mol. The first-order valence-electron chi connectivity index (χ1n) is 5.61. The quantitative estimate of drug-likeness (QED) is 0.482. The van der Waals surface area contributed by atoms with Crippen LogP contribution in [0.3, 0.4) is 0 Å². The summed E-state index contributed by atoms with van der Waals surface area (Å²) in [6, 6.07) is 3.67. The van der Waals surface area contributed by atoms with Crippen molar-refractivity contribution in [3.05, 3.63) is 30.1 Å². The predicted octanol–water partition coefficient (Wildman–Crippen LogP) is -2.58. The Morgan fingerprint density at radius 3 is 3.12 bits per heavy atom. The van der Waals surface area contributed by atoms with E-state index >= 15 is 0 Å². The fourth-order valence-electron chi connectivity index (χ4n) is 1.84. The second-order valence-corrected chi connectivity index (χ2v) is 4.10. The number of amides is 1. The summed E-state index contributed by atoms with van der Waals surface area (Å²) in [6.45, 7) is 1.43. The van der Waals surface area contributed by atoms with Gasteiger partial charge < -0.3 is 34.0 Å². The first-order chi connectivity index (χ1) is 7.75. The van der Waals surface area contributed by atoms with E-state index in [-0.39, 0.29) is 36.0 Å². The topological polar surface area (TPSA) is 42.2 Å². The lowest BCUT2D eigenvalue weighted by Crippen LogP contribution is -3.00. The van der Waals surface area contributed by atoms with Crippen LogP contribution in [-0.4, -0.2) is 25.2 Å². The second kappa shape index (κ2) is 6.90. The zero-order valence-corrected chi connectivity index (χ0v) is 12.0. The number of carbonyl (C=O) groups is 1. The number of aryl methyl sites for hydroxylation is 1. The second-order valence-electron chi connectivity index (χ2n) is 4.10. The molecule has 1 atom stereocenters. The molecule has 0 radical (unpaired) electrons. The highest BCUT2D eigenvalue weighted by atomic mass is 127. The van der Waals surface area contributed by atoms with Gasteiger partial charge in [-0.3, -0.25) is 4.79 Å². The van der Waals surface area contributed by atoms with Crippen LogP contribution in [0.25, 0.3) is 0 Å². The lowest BCUT2D eigenvalue weighted by Gasteiger charge is -2.09.